The first kappa shape index (κ1) is 34.1. The second kappa shape index (κ2) is 14.3. The number of fused-ring (bicyclic) bond motifs is 3. The highest BCUT2D eigenvalue weighted by Crippen LogP contribution is 2.44. The van der Waals surface area contributed by atoms with E-state index in [0.29, 0.717) is 17.5 Å². The molecule has 0 amide bonds. The summed E-state index contributed by atoms with van der Waals surface area (Å²) >= 11 is 0. The number of benzene rings is 8. The minimum atomic E-state index is 0.611. The Bertz CT molecular complexity index is 2920. The molecule has 0 unspecified atom stereocenters. The summed E-state index contributed by atoms with van der Waals surface area (Å²) in [4.78, 5) is 15.5. The molecular weight excluding hydrogens is 693 g/mol. The first-order valence-corrected chi connectivity index (χ1v) is 19.4. The summed E-state index contributed by atoms with van der Waals surface area (Å²) in [5.41, 5.74) is 15.4. The highest BCUT2D eigenvalue weighted by atomic mass is 15.0. The maximum Gasteiger partial charge on any atom is 0.164 e. The fourth-order valence-electron chi connectivity index (χ4n) is 7.96. The Morgan fingerprint density at radius 2 is 0.667 bits per heavy atom. The fraction of sp³-hybridized carbons (Fsp3) is 0.0377. The molecule has 0 saturated heterocycles. The monoisotopic (exact) mass is 730 g/mol. The van der Waals surface area contributed by atoms with Crippen LogP contribution in [0.25, 0.3) is 95.0 Å². The molecule has 0 bridgehead atoms. The van der Waals surface area contributed by atoms with Gasteiger partial charge in [-0.1, -0.05) is 169 Å². The maximum absolute atomic E-state index is 5.25. The van der Waals surface area contributed by atoms with Crippen LogP contribution in [-0.4, -0.2) is 19.5 Å². The van der Waals surface area contributed by atoms with Gasteiger partial charge in [0.15, 0.2) is 17.5 Å². The van der Waals surface area contributed by atoms with Crippen molar-refractivity contribution in [2.75, 3.05) is 0 Å². The summed E-state index contributed by atoms with van der Waals surface area (Å²) in [5.74, 6) is 1.86. The highest BCUT2D eigenvalue weighted by molar-refractivity contribution is 6.11. The molecule has 2 heterocycles. The van der Waals surface area contributed by atoms with Crippen LogP contribution in [0.1, 0.15) is 11.1 Å². The lowest BCUT2D eigenvalue weighted by atomic mass is 9.92. The van der Waals surface area contributed by atoms with Crippen LogP contribution in [0.4, 0.5) is 0 Å². The Labute approximate surface area is 332 Å². The molecule has 2 aromatic heterocycles. The predicted molar refractivity (Wildman–Crippen MR) is 236 cm³/mol. The number of aromatic nitrogens is 4. The standard InChI is InChI=1S/C53H38N4/c1-35-23-29-48-46(31-35)47-32-36(2)24-30-49(47)57(48)50-44(39-17-9-4-10-18-39)33-43(34-45(50)40-19-11-5-12-20-40)53-55-51(41-21-13-6-14-22-41)54-52(56-53)42-27-25-38(26-28-42)37-15-7-3-8-16-37/h3-34H,1-2H3. The van der Waals surface area contributed by atoms with Crippen molar-refractivity contribution in [1.29, 1.82) is 0 Å². The molecular formula is C53H38N4. The van der Waals surface area contributed by atoms with E-state index in [1.807, 2.05) is 24.3 Å². The Morgan fingerprint density at radius 1 is 0.316 bits per heavy atom. The van der Waals surface area contributed by atoms with Crippen LogP contribution < -0.4 is 0 Å². The van der Waals surface area contributed by atoms with E-state index in [2.05, 4.69) is 188 Å². The van der Waals surface area contributed by atoms with Gasteiger partial charge in [0, 0.05) is 38.6 Å². The number of hydrogen-bond acceptors (Lipinski definition) is 3. The molecule has 8 aromatic carbocycles. The topological polar surface area (TPSA) is 43.6 Å². The zero-order valence-corrected chi connectivity index (χ0v) is 31.8. The van der Waals surface area contributed by atoms with Gasteiger partial charge in [0.1, 0.15) is 0 Å². The summed E-state index contributed by atoms with van der Waals surface area (Å²) in [5, 5.41) is 2.48. The van der Waals surface area contributed by atoms with Gasteiger partial charge in [-0.2, -0.15) is 0 Å². The van der Waals surface area contributed by atoms with E-state index in [1.54, 1.807) is 0 Å². The van der Waals surface area contributed by atoms with E-state index in [-0.39, 0.29) is 0 Å². The van der Waals surface area contributed by atoms with Gasteiger partial charge in [0.2, 0.25) is 0 Å². The van der Waals surface area contributed by atoms with E-state index in [1.165, 1.54) is 27.5 Å². The molecule has 0 aliphatic rings. The van der Waals surface area contributed by atoms with Gasteiger partial charge < -0.3 is 4.57 Å². The quantitative estimate of drug-likeness (QED) is 0.164. The second-order valence-corrected chi connectivity index (χ2v) is 14.6. The van der Waals surface area contributed by atoms with Crippen LogP contribution in [0.2, 0.25) is 0 Å². The molecule has 270 valence electrons. The summed E-state index contributed by atoms with van der Waals surface area (Å²) in [6.45, 7) is 4.34. The fourth-order valence-corrected chi connectivity index (χ4v) is 7.96. The summed E-state index contributed by atoms with van der Waals surface area (Å²) < 4.78 is 2.46. The van der Waals surface area contributed by atoms with Crippen molar-refractivity contribution >= 4 is 21.8 Å². The normalized spacial score (nSPS) is 11.3. The van der Waals surface area contributed by atoms with Crippen LogP contribution in [0.15, 0.2) is 194 Å². The van der Waals surface area contributed by atoms with Crippen molar-refractivity contribution in [3.8, 4) is 73.2 Å². The number of aryl methyl sites for hydroxylation is 2. The van der Waals surface area contributed by atoms with Crippen molar-refractivity contribution in [3.05, 3.63) is 205 Å². The third kappa shape index (κ3) is 6.37. The first-order valence-electron chi connectivity index (χ1n) is 19.4. The van der Waals surface area contributed by atoms with Crippen LogP contribution in [-0.2, 0) is 0 Å². The molecule has 0 N–H and O–H groups in total. The average molecular weight is 731 g/mol. The van der Waals surface area contributed by atoms with E-state index in [9.17, 15) is 0 Å². The molecule has 0 aliphatic heterocycles. The Hall–Kier alpha value is -7.43. The second-order valence-electron chi connectivity index (χ2n) is 14.6. The van der Waals surface area contributed by atoms with Gasteiger partial charge in [-0.25, -0.2) is 15.0 Å². The van der Waals surface area contributed by atoms with E-state index in [4.69, 9.17) is 15.0 Å². The van der Waals surface area contributed by atoms with E-state index in [0.717, 1.165) is 61.2 Å². The molecule has 0 atom stereocenters. The summed E-state index contributed by atoms with van der Waals surface area (Å²) in [6.07, 6.45) is 0. The van der Waals surface area contributed by atoms with Gasteiger partial charge >= 0.3 is 0 Å². The SMILES string of the molecule is Cc1ccc2c(c1)c1cc(C)ccc1n2-c1c(-c2ccccc2)cc(-c2nc(-c3ccccc3)nc(-c3ccc(-c4ccccc4)cc3)n2)cc1-c1ccccc1. The molecule has 10 aromatic rings. The zero-order chi connectivity index (χ0) is 38.3. The van der Waals surface area contributed by atoms with Crippen molar-refractivity contribution in [3.63, 3.8) is 0 Å². The van der Waals surface area contributed by atoms with Gasteiger partial charge in [-0.3, -0.25) is 0 Å². The minimum absolute atomic E-state index is 0.611. The first-order chi connectivity index (χ1) is 28.1. The molecule has 0 radical (unpaired) electrons. The van der Waals surface area contributed by atoms with Crippen LogP contribution >= 0.6 is 0 Å². The van der Waals surface area contributed by atoms with Crippen molar-refractivity contribution in [1.82, 2.24) is 19.5 Å². The van der Waals surface area contributed by atoms with Crippen LogP contribution in [0.5, 0.6) is 0 Å². The highest BCUT2D eigenvalue weighted by Gasteiger charge is 2.23. The molecule has 0 saturated carbocycles. The summed E-state index contributed by atoms with van der Waals surface area (Å²) in [7, 11) is 0. The Balaban J connectivity index is 1.26. The molecule has 0 aliphatic carbocycles. The molecule has 4 heteroatoms. The number of hydrogen-bond donors (Lipinski definition) is 0. The smallest absolute Gasteiger partial charge is 0.164 e. The lowest BCUT2D eigenvalue weighted by Gasteiger charge is -2.21. The van der Waals surface area contributed by atoms with E-state index < -0.39 is 0 Å². The lowest BCUT2D eigenvalue weighted by Crippen LogP contribution is -2.04. The lowest BCUT2D eigenvalue weighted by molar-refractivity contribution is 1.07. The van der Waals surface area contributed by atoms with Crippen molar-refractivity contribution in [2.45, 2.75) is 13.8 Å². The van der Waals surface area contributed by atoms with Gasteiger partial charge in [0.05, 0.1) is 16.7 Å². The van der Waals surface area contributed by atoms with Gasteiger partial charge in [-0.05, 0) is 72.5 Å². The number of nitrogens with zero attached hydrogens (tertiary/aromatic N) is 4. The number of rotatable bonds is 7. The molecule has 0 fully saturated rings. The van der Waals surface area contributed by atoms with Gasteiger partial charge in [0.25, 0.3) is 0 Å². The largest absolute Gasteiger partial charge is 0.308 e. The summed E-state index contributed by atoms with van der Waals surface area (Å²) in [6, 6.07) is 68.6. The van der Waals surface area contributed by atoms with E-state index >= 15 is 0 Å². The Kier molecular flexibility index (Phi) is 8.57. The average Bonchev–Trinajstić information content (AvgIpc) is 3.59. The van der Waals surface area contributed by atoms with Crippen molar-refractivity contribution in [2.24, 2.45) is 0 Å². The maximum atomic E-state index is 5.25. The third-order valence-corrected chi connectivity index (χ3v) is 10.8. The minimum Gasteiger partial charge on any atom is -0.308 e. The predicted octanol–water partition coefficient (Wildman–Crippen LogP) is 13.6. The Morgan fingerprint density at radius 3 is 1.12 bits per heavy atom. The van der Waals surface area contributed by atoms with Crippen LogP contribution in [0, 0.1) is 13.8 Å². The van der Waals surface area contributed by atoms with Crippen LogP contribution in [0.3, 0.4) is 0 Å². The van der Waals surface area contributed by atoms with Crippen molar-refractivity contribution < 1.29 is 0 Å². The molecule has 4 nitrogen and oxygen atoms in total. The zero-order valence-electron chi connectivity index (χ0n) is 31.8. The molecule has 57 heavy (non-hydrogen) atoms. The third-order valence-electron chi connectivity index (χ3n) is 10.8. The molecule has 10 rings (SSSR count). The van der Waals surface area contributed by atoms with Gasteiger partial charge in [-0.15, -0.1) is 0 Å². The molecule has 0 spiro atoms.